The Morgan fingerprint density at radius 3 is 2.50 bits per heavy atom. The highest BCUT2D eigenvalue weighted by molar-refractivity contribution is 14.0. The minimum Gasteiger partial charge on any atom is -0.497 e. The maximum absolute atomic E-state index is 12.7. The van der Waals surface area contributed by atoms with Crippen molar-refractivity contribution < 1.29 is 9.53 Å². The summed E-state index contributed by atoms with van der Waals surface area (Å²) in [6, 6.07) is 5.70. The summed E-state index contributed by atoms with van der Waals surface area (Å²) in [5.74, 6) is 1.66. The monoisotopic (exact) mass is 522 g/mol. The predicted molar refractivity (Wildman–Crippen MR) is 126 cm³/mol. The average Bonchev–Trinajstić information content (AvgIpc) is 3.14. The SMILES string of the molecule is CN=C(NCCc1ccc(OC)cc1Cl)NCC1(C(=O)N(C)C)CCCC1.I. The van der Waals surface area contributed by atoms with Crippen molar-refractivity contribution in [3.05, 3.63) is 28.8 Å². The number of amides is 1. The second-order valence-electron chi connectivity index (χ2n) is 7.25. The standard InChI is InChI=1S/C20H31ClN4O2.HI/c1-22-19(23-12-9-15-7-8-16(27-4)13-17(15)21)24-14-20(10-5-6-11-20)18(26)25(2)3;/h7-8,13H,5-6,9-12,14H2,1-4H3,(H2,22,23,24);1H. The molecule has 1 aliphatic rings. The topological polar surface area (TPSA) is 66.0 Å². The van der Waals surface area contributed by atoms with Crippen molar-refractivity contribution in [2.24, 2.45) is 10.4 Å². The molecule has 1 fully saturated rings. The molecule has 28 heavy (non-hydrogen) atoms. The zero-order valence-corrected chi connectivity index (χ0v) is 20.3. The van der Waals surface area contributed by atoms with E-state index in [0.29, 0.717) is 24.1 Å². The van der Waals surface area contributed by atoms with Gasteiger partial charge in [-0.2, -0.15) is 0 Å². The summed E-state index contributed by atoms with van der Waals surface area (Å²) in [4.78, 5) is 18.6. The third-order valence-electron chi connectivity index (χ3n) is 5.19. The van der Waals surface area contributed by atoms with Gasteiger partial charge < -0.3 is 20.3 Å². The van der Waals surface area contributed by atoms with Crippen LogP contribution >= 0.6 is 35.6 Å². The Hall–Kier alpha value is -1.22. The number of carbonyl (C=O) groups excluding carboxylic acids is 1. The number of guanidine groups is 1. The van der Waals surface area contributed by atoms with Crippen LogP contribution in [-0.2, 0) is 11.2 Å². The van der Waals surface area contributed by atoms with E-state index in [2.05, 4.69) is 15.6 Å². The number of benzene rings is 1. The van der Waals surface area contributed by atoms with Crippen LogP contribution < -0.4 is 15.4 Å². The summed E-state index contributed by atoms with van der Waals surface area (Å²) in [7, 11) is 7.02. The fraction of sp³-hybridized carbons (Fsp3) is 0.600. The summed E-state index contributed by atoms with van der Waals surface area (Å²) in [5, 5.41) is 7.35. The number of ether oxygens (including phenoxy) is 1. The zero-order valence-electron chi connectivity index (χ0n) is 17.2. The lowest BCUT2D eigenvalue weighted by molar-refractivity contribution is -0.138. The van der Waals surface area contributed by atoms with E-state index in [0.717, 1.165) is 43.4 Å². The van der Waals surface area contributed by atoms with Crippen LogP contribution in [0.5, 0.6) is 5.75 Å². The van der Waals surface area contributed by atoms with Crippen molar-refractivity contribution >= 4 is 47.4 Å². The van der Waals surface area contributed by atoms with Crippen LogP contribution in [0.3, 0.4) is 0 Å². The van der Waals surface area contributed by atoms with Gasteiger partial charge in [0.1, 0.15) is 5.75 Å². The van der Waals surface area contributed by atoms with Gasteiger partial charge in [0.15, 0.2) is 5.96 Å². The first-order valence-corrected chi connectivity index (χ1v) is 9.78. The van der Waals surface area contributed by atoms with Gasteiger partial charge in [-0.1, -0.05) is 30.5 Å². The Morgan fingerprint density at radius 2 is 1.96 bits per heavy atom. The average molecular weight is 523 g/mol. The van der Waals surface area contributed by atoms with Gasteiger partial charge in [-0.25, -0.2) is 0 Å². The van der Waals surface area contributed by atoms with Crippen molar-refractivity contribution in [2.45, 2.75) is 32.1 Å². The summed E-state index contributed by atoms with van der Waals surface area (Å²) in [6.07, 6.45) is 4.82. The molecule has 2 rings (SSSR count). The Balaban J connectivity index is 0.00000392. The normalized spacial score (nSPS) is 15.5. The number of halogens is 2. The van der Waals surface area contributed by atoms with E-state index in [9.17, 15) is 4.79 Å². The maximum atomic E-state index is 12.7. The van der Waals surface area contributed by atoms with Crippen molar-refractivity contribution in [1.29, 1.82) is 0 Å². The Kier molecular flexibility index (Phi) is 10.4. The van der Waals surface area contributed by atoms with Gasteiger partial charge in [-0.05, 0) is 37.0 Å². The van der Waals surface area contributed by atoms with Crippen LogP contribution in [0.2, 0.25) is 5.02 Å². The number of hydrogen-bond acceptors (Lipinski definition) is 3. The molecule has 0 aliphatic heterocycles. The largest absolute Gasteiger partial charge is 0.497 e. The van der Waals surface area contributed by atoms with E-state index >= 15 is 0 Å². The molecule has 1 aromatic carbocycles. The molecule has 0 radical (unpaired) electrons. The number of nitrogens with zero attached hydrogens (tertiary/aromatic N) is 2. The van der Waals surface area contributed by atoms with Crippen LogP contribution in [0.15, 0.2) is 23.2 Å². The van der Waals surface area contributed by atoms with Gasteiger partial charge in [0.25, 0.3) is 0 Å². The van der Waals surface area contributed by atoms with Crippen molar-refractivity contribution in [3.63, 3.8) is 0 Å². The van der Waals surface area contributed by atoms with E-state index in [1.807, 2.05) is 32.3 Å². The molecular formula is C20H32ClIN4O2. The number of aliphatic imine (C=N–C) groups is 1. The molecule has 0 spiro atoms. The van der Waals surface area contributed by atoms with Crippen molar-refractivity contribution in [3.8, 4) is 5.75 Å². The molecule has 0 heterocycles. The van der Waals surface area contributed by atoms with Gasteiger partial charge in [0, 0.05) is 39.3 Å². The van der Waals surface area contributed by atoms with Crippen LogP contribution in [0.25, 0.3) is 0 Å². The Labute approximate surface area is 190 Å². The van der Waals surface area contributed by atoms with Gasteiger partial charge in [0.2, 0.25) is 5.91 Å². The molecule has 0 saturated heterocycles. The lowest BCUT2D eigenvalue weighted by Gasteiger charge is -2.31. The molecule has 0 unspecified atom stereocenters. The van der Waals surface area contributed by atoms with E-state index in [4.69, 9.17) is 16.3 Å². The lowest BCUT2D eigenvalue weighted by atomic mass is 9.84. The van der Waals surface area contributed by atoms with Crippen LogP contribution in [-0.4, -0.2) is 58.1 Å². The van der Waals surface area contributed by atoms with Gasteiger partial charge in [-0.15, -0.1) is 24.0 Å². The molecule has 1 saturated carbocycles. The minimum atomic E-state index is -0.319. The number of rotatable bonds is 7. The molecule has 1 aliphatic carbocycles. The first-order chi connectivity index (χ1) is 12.9. The fourth-order valence-corrected chi connectivity index (χ4v) is 3.90. The molecule has 2 N–H and O–H groups in total. The molecular weight excluding hydrogens is 491 g/mol. The molecule has 1 amide bonds. The highest BCUT2D eigenvalue weighted by Gasteiger charge is 2.42. The summed E-state index contributed by atoms with van der Waals surface area (Å²) in [5.41, 5.74) is 0.732. The van der Waals surface area contributed by atoms with Crippen molar-refractivity contribution in [2.75, 3.05) is 41.3 Å². The molecule has 0 bridgehead atoms. The second-order valence-corrected chi connectivity index (χ2v) is 7.65. The number of methoxy groups -OCH3 is 1. The Bertz CT molecular complexity index is 676. The molecule has 158 valence electrons. The molecule has 0 atom stereocenters. The van der Waals surface area contributed by atoms with E-state index < -0.39 is 0 Å². The summed E-state index contributed by atoms with van der Waals surface area (Å²) >= 11 is 6.29. The zero-order chi connectivity index (χ0) is 19.9. The highest BCUT2D eigenvalue weighted by atomic mass is 127. The van der Waals surface area contributed by atoms with Gasteiger partial charge in [-0.3, -0.25) is 9.79 Å². The fourth-order valence-electron chi connectivity index (χ4n) is 3.64. The second kappa shape index (κ2) is 11.7. The molecule has 0 aromatic heterocycles. The van der Waals surface area contributed by atoms with Gasteiger partial charge in [0.05, 0.1) is 12.5 Å². The quantitative estimate of drug-likeness (QED) is 0.328. The third kappa shape index (κ3) is 6.40. The van der Waals surface area contributed by atoms with Crippen LogP contribution in [0.4, 0.5) is 0 Å². The smallest absolute Gasteiger partial charge is 0.230 e. The number of carbonyl (C=O) groups is 1. The number of hydrogen-bond donors (Lipinski definition) is 2. The van der Waals surface area contributed by atoms with E-state index in [-0.39, 0.29) is 35.3 Å². The predicted octanol–water partition coefficient (Wildman–Crippen LogP) is 3.32. The van der Waals surface area contributed by atoms with Crippen molar-refractivity contribution in [1.82, 2.24) is 15.5 Å². The highest BCUT2D eigenvalue weighted by Crippen LogP contribution is 2.38. The summed E-state index contributed by atoms with van der Waals surface area (Å²) < 4.78 is 5.18. The Morgan fingerprint density at radius 1 is 1.29 bits per heavy atom. The molecule has 1 aromatic rings. The third-order valence-corrected chi connectivity index (χ3v) is 5.54. The molecule has 8 heteroatoms. The van der Waals surface area contributed by atoms with E-state index in [1.165, 1.54) is 0 Å². The van der Waals surface area contributed by atoms with Gasteiger partial charge >= 0.3 is 0 Å². The minimum absolute atomic E-state index is 0. The maximum Gasteiger partial charge on any atom is 0.230 e. The lowest BCUT2D eigenvalue weighted by Crippen LogP contribution is -2.49. The van der Waals surface area contributed by atoms with Crippen LogP contribution in [0.1, 0.15) is 31.2 Å². The number of nitrogens with one attached hydrogen (secondary N) is 2. The van der Waals surface area contributed by atoms with Crippen LogP contribution in [0, 0.1) is 5.41 Å². The molecule has 6 nitrogen and oxygen atoms in total. The first kappa shape index (κ1) is 24.8. The first-order valence-electron chi connectivity index (χ1n) is 9.40. The summed E-state index contributed by atoms with van der Waals surface area (Å²) in [6.45, 7) is 1.30. The van der Waals surface area contributed by atoms with E-state index in [1.54, 1.807) is 19.1 Å².